The molecule has 7 heteroatoms. The molecule has 1 aromatic heterocycles. The third-order valence-corrected chi connectivity index (χ3v) is 2.20. The Labute approximate surface area is 94.9 Å². The van der Waals surface area contributed by atoms with Crippen molar-refractivity contribution in [3.05, 3.63) is 46.4 Å². The van der Waals surface area contributed by atoms with Crippen molar-refractivity contribution in [3.63, 3.8) is 0 Å². The Morgan fingerprint density at radius 3 is 2.53 bits per heavy atom. The predicted molar refractivity (Wildman–Crippen MR) is 57.6 cm³/mol. The maximum Gasteiger partial charge on any atom is 0.354 e. The molecule has 17 heavy (non-hydrogen) atoms. The van der Waals surface area contributed by atoms with Crippen LogP contribution in [0, 0.1) is 10.1 Å². The number of H-pyrrole nitrogens is 1. The normalized spacial score (nSPS) is 10.1. The Morgan fingerprint density at radius 1 is 1.35 bits per heavy atom. The van der Waals surface area contributed by atoms with Crippen LogP contribution in [0.3, 0.4) is 0 Å². The second-order valence-corrected chi connectivity index (χ2v) is 3.24. The van der Waals surface area contributed by atoms with Gasteiger partial charge < -0.3 is 10.1 Å². The zero-order valence-electron chi connectivity index (χ0n) is 8.45. The Hall–Kier alpha value is -2.70. The number of benzene rings is 1. The quantitative estimate of drug-likeness (QED) is 0.619. The summed E-state index contributed by atoms with van der Waals surface area (Å²) in [6, 6.07) is 5.52. The number of nitrogens with zero attached hydrogens (tertiary/aromatic N) is 2. The van der Waals surface area contributed by atoms with Crippen LogP contribution in [-0.2, 0) is 0 Å². The smallest absolute Gasteiger partial charge is 0.354 e. The van der Waals surface area contributed by atoms with E-state index in [0.29, 0.717) is 5.56 Å². The molecule has 0 fully saturated rings. The first-order chi connectivity index (χ1) is 8.09. The number of nitrogens with one attached hydrogen (secondary N) is 1. The fraction of sp³-hybridized carbons (Fsp3) is 0. The molecule has 0 radical (unpaired) electrons. The van der Waals surface area contributed by atoms with Crippen LogP contribution in [0.1, 0.15) is 10.5 Å². The van der Waals surface area contributed by atoms with Crippen molar-refractivity contribution in [2.45, 2.75) is 0 Å². The lowest BCUT2D eigenvalue weighted by Crippen LogP contribution is -1.99. The number of hydrogen-bond donors (Lipinski definition) is 2. The first kappa shape index (κ1) is 10.8. The maximum atomic E-state index is 10.9. The van der Waals surface area contributed by atoms with Crippen molar-refractivity contribution in [1.82, 2.24) is 9.97 Å². The molecule has 0 aliphatic carbocycles. The van der Waals surface area contributed by atoms with E-state index < -0.39 is 10.9 Å². The second-order valence-electron chi connectivity index (χ2n) is 3.24. The highest BCUT2D eigenvalue weighted by molar-refractivity contribution is 5.92. The summed E-state index contributed by atoms with van der Waals surface area (Å²) in [6.07, 6.45) is 1.26. The van der Waals surface area contributed by atoms with Gasteiger partial charge in [0.1, 0.15) is 5.69 Å². The van der Waals surface area contributed by atoms with Crippen LogP contribution >= 0.6 is 0 Å². The summed E-state index contributed by atoms with van der Waals surface area (Å²) in [6.45, 7) is 0. The van der Waals surface area contributed by atoms with Crippen molar-refractivity contribution in [3.8, 4) is 11.3 Å². The maximum absolute atomic E-state index is 10.9. The molecule has 0 atom stereocenters. The molecule has 1 heterocycles. The summed E-state index contributed by atoms with van der Waals surface area (Å²) >= 11 is 0. The molecular weight excluding hydrogens is 226 g/mol. The van der Waals surface area contributed by atoms with Crippen LogP contribution in [0.5, 0.6) is 0 Å². The van der Waals surface area contributed by atoms with E-state index in [4.69, 9.17) is 5.11 Å². The minimum atomic E-state index is -1.13. The minimum absolute atomic E-state index is 0.0427. The van der Waals surface area contributed by atoms with Crippen molar-refractivity contribution in [1.29, 1.82) is 0 Å². The summed E-state index contributed by atoms with van der Waals surface area (Å²) in [5, 5.41) is 19.3. The zero-order chi connectivity index (χ0) is 12.4. The number of imidazole rings is 1. The van der Waals surface area contributed by atoms with Gasteiger partial charge in [-0.3, -0.25) is 10.1 Å². The molecule has 0 aliphatic rings. The first-order valence-corrected chi connectivity index (χ1v) is 4.61. The van der Waals surface area contributed by atoms with Gasteiger partial charge in [-0.15, -0.1) is 0 Å². The number of non-ortho nitro benzene ring substituents is 1. The largest absolute Gasteiger partial charge is 0.477 e. The lowest BCUT2D eigenvalue weighted by molar-refractivity contribution is -0.384. The van der Waals surface area contributed by atoms with Gasteiger partial charge in [-0.05, 0) is 12.1 Å². The molecule has 86 valence electrons. The van der Waals surface area contributed by atoms with E-state index in [1.54, 1.807) is 0 Å². The molecule has 2 N–H and O–H groups in total. The van der Waals surface area contributed by atoms with E-state index in [2.05, 4.69) is 9.97 Å². The van der Waals surface area contributed by atoms with E-state index in [0.717, 1.165) is 0 Å². The van der Waals surface area contributed by atoms with Gasteiger partial charge in [0.15, 0.2) is 5.69 Å². The number of nitro benzene ring substituents is 1. The van der Waals surface area contributed by atoms with Crippen LogP contribution in [0.25, 0.3) is 11.3 Å². The van der Waals surface area contributed by atoms with Gasteiger partial charge in [0.25, 0.3) is 5.69 Å². The minimum Gasteiger partial charge on any atom is -0.477 e. The van der Waals surface area contributed by atoms with E-state index in [1.165, 1.54) is 30.6 Å². The molecular formula is C10H7N3O4. The van der Waals surface area contributed by atoms with Crippen molar-refractivity contribution in [2.75, 3.05) is 0 Å². The van der Waals surface area contributed by atoms with Gasteiger partial charge in [-0.2, -0.15) is 0 Å². The number of carboxylic acid groups (broad SMARTS) is 1. The number of hydrogen-bond acceptors (Lipinski definition) is 4. The van der Waals surface area contributed by atoms with Crippen molar-refractivity contribution in [2.24, 2.45) is 0 Å². The second kappa shape index (κ2) is 4.05. The average Bonchev–Trinajstić information content (AvgIpc) is 2.78. The van der Waals surface area contributed by atoms with Crippen LogP contribution in [-0.4, -0.2) is 26.0 Å². The first-order valence-electron chi connectivity index (χ1n) is 4.61. The Bertz CT molecular complexity index is 573. The molecule has 2 rings (SSSR count). The fourth-order valence-corrected chi connectivity index (χ4v) is 1.42. The van der Waals surface area contributed by atoms with Gasteiger partial charge in [0.2, 0.25) is 0 Å². The third-order valence-electron chi connectivity index (χ3n) is 2.20. The monoisotopic (exact) mass is 233 g/mol. The molecule has 2 aromatic rings. The van der Waals surface area contributed by atoms with Gasteiger partial charge in [0.05, 0.1) is 11.3 Å². The molecule has 0 saturated heterocycles. The van der Waals surface area contributed by atoms with Crippen molar-refractivity contribution >= 4 is 11.7 Å². The Morgan fingerprint density at radius 2 is 2.00 bits per heavy atom. The van der Waals surface area contributed by atoms with E-state index in [-0.39, 0.29) is 17.1 Å². The SMILES string of the molecule is O=C(O)c1[nH]cnc1-c1ccc([N+](=O)[O-])cc1. The highest BCUT2D eigenvalue weighted by Crippen LogP contribution is 2.22. The lowest BCUT2D eigenvalue weighted by atomic mass is 10.1. The molecule has 0 bridgehead atoms. The molecule has 7 nitrogen and oxygen atoms in total. The molecule has 0 unspecified atom stereocenters. The van der Waals surface area contributed by atoms with Gasteiger partial charge >= 0.3 is 5.97 Å². The van der Waals surface area contributed by atoms with E-state index >= 15 is 0 Å². The summed E-state index contributed by atoms with van der Waals surface area (Å²) in [5.41, 5.74) is 0.668. The number of aromatic carboxylic acids is 1. The van der Waals surface area contributed by atoms with Crippen LogP contribution in [0.2, 0.25) is 0 Å². The van der Waals surface area contributed by atoms with Crippen LogP contribution < -0.4 is 0 Å². The van der Waals surface area contributed by atoms with Gasteiger partial charge in [0, 0.05) is 17.7 Å². The fourth-order valence-electron chi connectivity index (χ4n) is 1.42. The zero-order valence-corrected chi connectivity index (χ0v) is 8.45. The average molecular weight is 233 g/mol. The number of nitro groups is 1. The van der Waals surface area contributed by atoms with E-state index in [1.807, 2.05) is 0 Å². The van der Waals surface area contributed by atoms with E-state index in [9.17, 15) is 14.9 Å². The lowest BCUT2D eigenvalue weighted by Gasteiger charge is -1.98. The number of aromatic amines is 1. The third kappa shape index (κ3) is 1.98. The summed E-state index contributed by atoms with van der Waals surface area (Å²) in [4.78, 5) is 27.2. The molecule has 0 spiro atoms. The van der Waals surface area contributed by atoms with Crippen molar-refractivity contribution < 1.29 is 14.8 Å². The van der Waals surface area contributed by atoms with Crippen LogP contribution in [0.15, 0.2) is 30.6 Å². The summed E-state index contributed by atoms with van der Waals surface area (Å²) in [7, 11) is 0. The molecule has 1 aromatic carbocycles. The number of carboxylic acids is 1. The van der Waals surface area contributed by atoms with Gasteiger partial charge in [-0.25, -0.2) is 9.78 Å². The number of rotatable bonds is 3. The van der Waals surface area contributed by atoms with Gasteiger partial charge in [-0.1, -0.05) is 0 Å². The molecule has 0 amide bonds. The molecule has 0 aliphatic heterocycles. The number of carbonyl (C=O) groups is 1. The molecule has 0 saturated carbocycles. The highest BCUT2D eigenvalue weighted by Gasteiger charge is 2.15. The Kier molecular flexibility index (Phi) is 2.57. The summed E-state index contributed by atoms with van der Waals surface area (Å²) in [5.74, 6) is -1.13. The summed E-state index contributed by atoms with van der Waals surface area (Å²) < 4.78 is 0. The van der Waals surface area contributed by atoms with Crippen LogP contribution in [0.4, 0.5) is 5.69 Å². The predicted octanol–water partition coefficient (Wildman–Crippen LogP) is 1.68. The number of aromatic nitrogens is 2. The standard InChI is InChI=1S/C10H7N3O4/c14-10(15)9-8(11-5-12-9)6-1-3-7(4-2-6)13(16)17/h1-5H,(H,11,12)(H,14,15). The topological polar surface area (TPSA) is 109 Å². The Balaban J connectivity index is 2.43. The highest BCUT2D eigenvalue weighted by atomic mass is 16.6.